The highest BCUT2D eigenvalue weighted by molar-refractivity contribution is 5.83. The van der Waals surface area contributed by atoms with E-state index in [1.54, 1.807) is 19.9 Å². The SMILES string of the molecule is CCOC(=O)CCc1cc2c(C)cc(=O)oc2cc1OCC(N)=O. The van der Waals surface area contributed by atoms with E-state index in [9.17, 15) is 14.4 Å². The zero-order valence-corrected chi connectivity index (χ0v) is 13.6. The number of aryl methyl sites for hydroxylation is 2. The van der Waals surface area contributed by atoms with Crippen molar-refractivity contribution in [2.45, 2.75) is 26.7 Å². The van der Waals surface area contributed by atoms with Crippen LogP contribution in [0.5, 0.6) is 5.75 Å². The summed E-state index contributed by atoms with van der Waals surface area (Å²) in [6, 6.07) is 4.71. The summed E-state index contributed by atoms with van der Waals surface area (Å²) in [4.78, 5) is 34.0. The molecule has 0 aliphatic carbocycles. The zero-order valence-electron chi connectivity index (χ0n) is 13.6. The lowest BCUT2D eigenvalue weighted by Gasteiger charge is -2.12. The van der Waals surface area contributed by atoms with E-state index in [4.69, 9.17) is 19.6 Å². The Balaban J connectivity index is 2.40. The smallest absolute Gasteiger partial charge is 0.336 e. The van der Waals surface area contributed by atoms with Gasteiger partial charge in [-0.3, -0.25) is 9.59 Å². The predicted molar refractivity (Wildman–Crippen MR) is 86.9 cm³/mol. The van der Waals surface area contributed by atoms with E-state index in [2.05, 4.69) is 0 Å². The number of nitrogens with two attached hydrogens (primary N) is 1. The number of carbonyl (C=O) groups is 2. The first-order chi connectivity index (χ1) is 11.4. The van der Waals surface area contributed by atoms with Crippen molar-refractivity contribution >= 4 is 22.8 Å². The molecule has 7 nitrogen and oxygen atoms in total. The van der Waals surface area contributed by atoms with Gasteiger partial charge in [0.15, 0.2) is 6.61 Å². The molecule has 1 aromatic heterocycles. The van der Waals surface area contributed by atoms with Crippen LogP contribution in [0.2, 0.25) is 0 Å². The Morgan fingerprint density at radius 1 is 1.25 bits per heavy atom. The van der Waals surface area contributed by atoms with Gasteiger partial charge in [0, 0.05) is 23.9 Å². The summed E-state index contributed by atoms with van der Waals surface area (Å²) in [7, 11) is 0. The number of amides is 1. The summed E-state index contributed by atoms with van der Waals surface area (Å²) in [5.74, 6) is -0.605. The van der Waals surface area contributed by atoms with Crippen molar-refractivity contribution < 1.29 is 23.5 Å². The van der Waals surface area contributed by atoms with Gasteiger partial charge in [0.25, 0.3) is 5.91 Å². The third kappa shape index (κ3) is 4.34. The van der Waals surface area contributed by atoms with Crippen LogP contribution in [0.4, 0.5) is 0 Å². The highest BCUT2D eigenvalue weighted by Crippen LogP contribution is 2.28. The molecule has 1 amide bonds. The monoisotopic (exact) mass is 333 g/mol. The van der Waals surface area contributed by atoms with Crippen molar-refractivity contribution in [1.29, 1.82) is 0 Å². The predicted octanol–water partition coefficient (Wildman–Crippen LogP) is 1.46. The van der Waals surface area contributed by atoms with Crippen LogP contribution in [-0.4, -0.2) is 25.1 Å². The van der Waals surface area contributed by atoms with E-state index in [1.807, 2.05) is 0 Å². The number of hydrogen-bond donors (Lipinski definition) is 1. The van der Waals surface area contributed by atoms with Crippen LogP contribution in [0.1, 0.15) is 24.5 Å². The van der Waals surface area contributed by atoms with Crippen LogP contribution in [0.25, 0.3) is 11.0 Å². The second kappa shape index (κ2) is 7.63. The third-order valence-corrected chi connectivity index (χ3v) is 3.41. The highest BCUT2D eigenvalue weighted by atomic mass is 16.5. The van der Waals surface area contributed by atoms with Crippen molar-refractivity contribution in [1.82, 2.24) is 0 Å². The number of hydrogen-bond acceptors (Lipinski definition) is 6. The minimum absolute atomic E-state index is 0.169. The van der Waals surface area contributed by atoms with E-state index in [0.717, 1.165) is 10.9 Å². The topological polar surface area (TPSA) is 109 Å². The molecule has 24 heavy (non-hydrogen) atoms. The van der Waals surface area contributed by atoms with Crippen LogP contribution < -0.4 is 16.1 Å². The Morgan fingerprint density at radius 3 is 2.67 bits per heavy atom. The molecule has 0 atom stereocenters. The van der Waals surface area contributed by atoms with E-state index in [-0.39, 0.29) is 19.0 Å². The van der Waals surface area contributed by atoms with Gasteiger partial charge in [-0.15, -0.1) is 0 Å². The molecule has 1 aromatic carbocycles. The molecule has 0 aliphatic heterocycles. The standard InChI is InChI=1S/C17H19NO6/c1-3-22-16(20)5-4-11-7-12-10(2)6-17(21)24-14(12)8-13(11)23-9-15(18)19/h6-8H,3-5,9H2,1-2H3,(H2,18,19). The maximum atomic E-state index is 11.6. The molecule has 0 spiro atoms. The average molecular weight is 333 g/mol. The van der Waals surface area contributed by atoms with Crippen molar-refractivity contribution in [3.05, 3.63) is 39.7 Å². The number of primary amides is 1. The molecule has 0 aliphatic rings. The number of benzene rings is 1. The molecule has 2 N–H and O–H groups in total. The van der Waals surface area contributed by atoms with Crippen molar-refractivity contribution in [3.63, 3.8) is 0 Å². The molecular formula is C17H19NO6. The summed E-state index contributed by atoms with van der Waals surface area (Å²) in [6.45, 7) is 3.53. The quantitative estimate of drug-likeness (QED) is 0.607. The maximum absolute atomic E-state index is 11.6. The summed E-state index contributed by atoms with van der Waals surface area (Å²) in [5, 5.41) is 0.736. The summed E-state index contributed by atoms with van der Waals surface area (Å²) in [6.07, 6.45) is 0.531. The minimum atomic E-state index is -0.628. The van der Waals surface area contributed by atoms with Crippen molar-refractivity contribution in [2.24, 2.45) is 5.73 Å². The van der Waals surface area contributed by atoms with Gasteiger partial charge in [-0.2, -0.15) is 0 Å². The molecule has 7 heteroatoms. The fourth-order valence-electron chi connectivity index (χ4n) is 2.34. The average Bonchev–Trinajstić information content (AvgIpc) is 2.51. The van der Waals surface area contributed by atoms with Crippen molar-refractivity contribution in [3.8, 4) is 5.75 Å². The Hall–Kier alpha value is -2.83. The Kier molecular flexibility index (Phi) is 5.57. The van der Waals surface area contributed by atoms with E-state index in [0.29, 0.717) is 29.9 Å². The number of fused-ring (bicyclic) bond motifs is 1. The summed E-state index contributed by atoms with van der Waals surface area (Å²) < 4.78 is 15.5. The van der Waals surface area contributed by atoms with Gasteiger partial charge in [0.2, 0.25) is 0 Å². The second-order valence-electron chi connectivity index (χ2n) is 5.26. The lowest BCUT2D eigenvalue weighted by molar-refractivity contribution is -0.143. The first kappa shape index (κ1) is 17.5. The van der Waals surface area contributed by atoms with E-state index in [1.165, 1.54) is 12.1 Å². The zero-order chi connectivity index (χ0) is 17.7. The third-order valence-electron chi connectivity index (χ3n) is 3.41. The lowest BCUT2D eigenvalue weighted by Crippen LogP contribution is -2.20. The van der Waals surface area contributed by atoms with Crippen LogP contribution in [0.15, 0.2) is 27.4 Å². The molecule has 0 saturated carbocycles. The number of esters is 1. The Morgan fingerprint density at radius 2 is 2.00 bits per heavy atom. The van der Waals surface area contributed by atoms with Gasteiger partial charge >= 0.3 is 11.6 Å². The maximum Gasteiger partial charge on any atom is 0.336 e. The molecule has 0 unspecified atom stereocenters. The molecule has 2 aromatic rings. The fraction of sp³-hybridized carbons (Fsp3) is 0.353. The molecule has 1 heterocycles. The van der Waals surface area contributed by atoms with E-state index < -0.39 is 11.5 Å². The van der Waals surface area contributed by atoms with Crippen LogP contribution >= 0.6 is 0 Å². The molecule has 0 saturated heterocycles. The highest BCUT2D eigenvalue weighted by Gasteiger charge is 2.13. The molecule has 2 rings (SSSR count). The summed E-state index contributed by atoms with van der Waals surface area (Å²) in [5.41, 5.74) is 6.43. The normalized spacial score (nSPS) is 10.6. The molecule has 0 bridgehead atoms. The van der Waals surface area contributed by atoms with Gasteiger partial charge < -0.3 is 19.6 Å². The second-order valence-corrected chi connectivity index (χ2v) is 5.26. The van der Waals surface area contributed by atoms with Crippen LogP contribution in [0.3, 0.4) is 0 Å². The number of rotatable bonds is 7. The van der Waals surface area contributed by atoms with Crippen molar-refractivity contribution in [2.75, 3.05) is 13.2 Å². The Labute approximate surface area is 138 Å². The van der Waals surface area contributed by atoms with Gasteiger partial charge in [-0.1, -0.05) is 0 Å². The van der Waals surface area contributed by atoms with Crippen LogP contribution in [0, 0.1) is 6.92 Å². The largest absolute Gasteiger partial charge is 0.483 e. The first-order valence-electron chi connectivity index (χ1n) is 7.54. The molecule has 0 fully saturated rings. The van der Waals surface area contributed by atoms with Gasteiger partial charge in [-0.05, 0) is 37.5 Å². The number of ether oxygens (including phenoxy) is 2. The van der Waals surface area contributed by atoms with E-state index >= 15 is 0 Å². The first-order valence-corrected chi connectivity index (χ1v) is 7.54. The Bertz CT molecular complexity index is 824. The molecule has 0 radical (unpaired) electrons. The van der Waals surface area contributed by atoms with Gasteiger partial charge in [-0.25, -0.2) is 4.79 Å². The fourth-order valence-corrected chi connectivity index (χ4v) is 2.34. The van der Waals surface area contributed by atoms with Crippen LogP contribution in [-0.2, 0) is 20.7 Å². The lowest BCUT2D eigenvalue weighted by atomic mass is 10.0. The summed E-state index contributed by atoms with van der Waals surface area (Å²) >= 11 is 0. The number of carbonyl (C=O) groups excluding carboxylic acids is 2. The molecule has 128 valence electrons. The minimum Gasteiger partial charge on any atom is -0.483 e. The van der Waals surface area contributed by atoms with Gasteiger partial charge in [0.1, 0.15) is 11.3 Å². The molecular weight excluding hydrogens is 314 g/mol. The van der Waals surface area contributed by atoms with Gasteiger partial charge in [0.05, 0.1) is 6.61 Å².